The SMILES string of the molecule is NCCOCCOCCCC(=O)C1CCC(CN2C(=O)C=CC2=O)CC1. The van der Waals surface area contributed by atoms with Crippen molar-refractivity contribution >= 4 is 17.6 Å². The molecule has 1 saturated carbocycles. The molecule has 0 bridgehead atoms. The number of imide groups is 1. The number of Topliss-reactive ketones (excluding diaryl/α,β-unsaturated/α-hetero) is 1. The van der Waals surface area contributed by atoms with E-state index in [0.717, 1.165) is 32.1 Å². The van der Waals surface area contributed by atoms with Gasteiger partial charge in [-0.05, 0) is 38.0 Å². The molecule has 7 nitrogen and oxygen atoms in total. The van der Waals surface area contributed by atoms with Crippen molar-refractivity contribution in [1.29, 1.82) is 0 Å². The Labute approximate surface area is 154 Å². The fourth-order valence-electron chi connectivity index (χ4n) is 3.49. The lowest BCUT2D eigenvalue weighted by Crippen LogP contribution is -2.36. The highest BCUT2D eigenvalue weighted by Gasteiger charge is 2.30. The Morgan fingerprint density at radius 3 is 2.23 bits per heavy atom. The lowest BCUT2D eigenvalue weighted by molar-refractivity contribution is -0.138. The van der Waals surface area contributed by atoms with Crippen molar-refractivity contribution in [2.45, 2.75) is 38.5 Å². The number of nitrogens with zero attached hydrogens (tertiary/aromatic N) is 1. The number of ether oxygens (including phenoxy) is 2. The van der Waals surface area contributed by atoms with Gasteiger partial charge in [0.05, 0.1) is 19.8 Å². The molecule has 0 aromatic rings. The average molecular weight is 366 g/mol. The zero-order valence-corrected chi connectivity index (χ0v) is 15.4. The van der Waals surface area contributed by atoms with Gasteiger partial charge >= 0.3 is 0 Å². The Bertz CT molecular complexity index is 494. The molecule has 146 valence electrons. The number of carbonyl (C=O) groups is 3. The molecular formula is C19H30N2O5. The van der Waals surface area contributed by atoms with Crippen molar-refractivity contribution in [2.75, 3.05) is 39.5 Å². The first kappa shape index (κ1) is 20.7. The predicted octanol–water partition coefficient (Wildman–Crippen LogP) is 1.06. The summed E-state index contributed by atoms with van der Waals surface area (Å²) in [5, 5.41) is 0. The molecule has 7 heteroatoms. The first-order valence-electron chi connectivity index (χ1n) is 9.53. The van der Waals surface area contributed by atoms with Crippen molar-refractivity contribution in [3.8, 4) is 0 Å². The van der Waals surface area contributed by atoms with Crippen molar-refractivity contribution in [3.05, 3.63) is 12.2 Å². The van der Waals surface area contributed by atoms with E-state index >= 15 is 0 Å². The quantitative estimate of drug-likeness (QED) is 0.410. The molecule has 0 aromatic heterocycles. The van der Waals surface area contributed by atoms with Gasteiger partial charge in [-0.2, -0.15) is 0 Å². The summed E-state index contributed by atoms with van der Waals surface area (Å²) in [7, 11) is 0. The number of ketones is 1. The van der Waals surface area contributed by atoms with Crippen LogP contribution in [0.1, 0.15) is 38.5 Å². The summed E-state index contributed by atoms with van der Waals surface area (Å²) in [4.78, 5) is 36.8. The fourth-order valence-corrected chi connectivity index (χ4v) is 3.49. The summed E-state index contributed by atoms with van der Waals surface area (Å²) in [5.74, 6) is 0.288. The van der Waals surface area contributed by atoms with Crippen LogP contribution in [0.4, 0.5) is 0 Å². The third kappa shape index (κ3) is 6.63. The van der Waals surface area contributed by atoms with E-state index < -0.39 is 0 Å². The molecule has 2 rings (SSSR count). The minimum Gasteiger partial charge on any atom is -0.379 e. The van der Waals surface area contributed by atoms with Gasteiger partial charge in [0.2, 0.25) is 0 Å². The van der Waals surface area contributed by atoms with E-state index in [4.69, 9.17) is 15.2 Å². The van der Waals surface area contributed by atoms with Crippen LogP contribution >= 0.6 is 0 Å². The summed E-state index contributed by atoms with van der Waals surface area (Å²) in [6.45, 7) is 3.17. The lowest BCUT2D eigenvalue weighted by Gasteiger charge is -2.30. The van der Waals surface area contributed by atoms with Crippen LogP contribution in [-0.2, 0) is 23.9 Å². The Morgan fingerprint density at radius 1 is 1.00 bits per heavy atom. The fraction of sp³-hybridized carbons (Fsp3) is 0.737. The second kappa shape index (κ2) is 11.2. The summed E-state index contributed by atoms with van der Waals surface area (Å²) in [6, 6.07) is 0. The van der Waals surface area contributed by atoms with Gasteiger partial charge in [-0.1, -0.05) is 0 Å². The number of carbonyl (C=O) groups excluding carboxylic acids is 3. The lowest BCUT2D eigenvalue weighted by atomic mass is 9.79. The molecule has 2 aliphatic rings. The Hall–Kier alpha value is -1.57. The van der Waals surface area contributed by atoms with Crippen molar-refractivity contribution < 1.29 is 23.9 Å². The molecule has 1 aliphatic heterocycles. The number of rotatable bonds is 12. The maximum atomic E-state index is 12.3. The minimum atomic E-state index is -0.221. The molecule has 0 atom stereocenters. The third-order valence-corrected chi connectivity index (χ3v) is 4.99. The molecule has 1 heterocycles. The van der Waals surface area contributed by atoms with Crippen LogP contribution in [0.25, 0.3) is 0 Å². The van der Waals surface area contributed by atoms with Crippen molar-refractivity contribution in [3.63, 3.8) is 0 Å². The Balaban J connectivity index is 1.54. The molecule has 0 spiro atoms. The van der Waals surface area contributed by atoms with E-state index in [1.807, 2.05) is 0 Å². The van der Waals surface area contributed by atoms with Crippen LogP contribution in [0.5, 0.6) is 0 Å². The summed E-state index contributed by atoms with van der Waals surface area (Å²) < 4.78 is 10.6. The van der Waals surface area contributed by atoms with Crippen LogP contribution in [0.2, 0.25) is 0 Å². The smallest absolute Gasteiger partial charge is 0.253 e. The second-order valence-corrected chi connectivity index (χ2v) is 6.92. The highest BCUT2D eigenvalue weighted by Crippen LogP contribution is 2.31. The maximum Gasteiger partial charge on any atom is 0.253 e. The standard InChI is InChI=1S/C19H30N2O5/c20-9-11-26-13-12-25-10-1-2-17(22)16-5-3-15(4-6-16)14-21-18(23)7-8-19(21)24/h7-8,15-16H,1-6,9-14,20H2. The van der Waals surface area contributed by atoms with Crippen LogP contribution < -0.4 is 5.73 Å². The molecule has 1 aliphatic carbocycles. The summed E-state index contributed by atoms with van der Waals surface area (Å²) in [6.07, 6.45) is 7.41. The van der Waals surface area contributed by atoms with E-state index in [9.17, 15) is 14.4 Å². The Kier molecular flexibility index (Phi) is 8.94. The van der Waals surface area contributed by atoms with Gasteiger partial charge in [0, 0.05) is 44.2 Å². The first-order chi connectivity index (χ1) is 12.6. The second-order valence-electron chi connectivity index (χ2n) is 6.92. The molecule has 0 saturated heterocycles. The minimum absolute atomic E-state index is 0.113. The monoisotopic (exact) mass is 366 g/mol. The third-order valence-electron chi connectivity index (χ3n) is 4.99. The predicted molar refractivity (Wildman–Crippen MR) is 96.2 cm³/mol. The molecule has 2 N–H and O–H groups in total. The molecule has 0 unspecified atom stereocenters. The molecular weight excluding hydrogens is 336 g/mol. The first-order valence-corrected chi connectivity index (χ1v) is 9.53. The number of amides is 2. The highest BCUT2D eigenvalue weighted by atomic mass is 16.5. The van der Waals surface area contributed by atoms with Crippen LogP contribution in [0.3, 0.4) is 0 Å². The molecule has 1 fully saturated rings. The zero-order chi connectivity index (χ0) is 18.8. The van der Waals surface area contributed by atoms with Gasteiger partial charge in [-0.15, -0.1) is 0 Å². The van der Waals surface area contributed by atoms with Crippen LogP contribution in [-0.4, -0.2) is 62.0 Å². The van der Waals surface area contributed by atoms with Crippen molar-refractivity contribution in [2.24, 2.45) is 17.6 Å². The summed E-state index contributed by atoms with van der Waals surface area (Å²) >= 11 is 0. The highest BCUT2D eigenvalue weighted by molar-refractivity contribution is 6.12. The van der Waals surface area contributed by atoms with Gasteiger partial charge in [0.1, 0.15) is 5.78 Å². The Morgan fingerprint density at radius 2 is 1.62 bits per heavy atom. The summed E-state index contributed by atoms with van der Waals surface area (Å²) in [5.41, 5.74) is 5.32. The van der Waals surface area contributed by atoms with Crippen LogP contribution in [0, 0.1) is 11.8 Å². The van der Waals surface area contributed by atoms with Gasteiger partial charge in [0.15, 0.2) is 0 Å². The maximum absolute atomic E-state index is 12.3. The number of hydrogen-bond acceptors (Lipinski definition) is 6. The number of hydrogen-bond donors (Lipinski definition) is 1. The number of nitrogens with two attached hydrogens (primary N) is 1. The van der Waals surface area contributed by atoms with Gasteiger partial charge < -0.3 is 15.2 Å². The molecule has 0 radical (unpaired) electrons. The van der Waals surface area contributed by atoms with Crippen LogP contribution in [0.15, 0.2) is 12.2 Å². The van der Waals surface area contributed by atoms with Crippen molar-refractivity contribution in [1.82, 2.24) is 4.90 Å². The van der Waals surface area contributed by atoms with E-state index in [-0.39, 0.29) is 17.7 Å². The largest absolute Gasteiger partial charge is 0.379 e. The molecule has 26 heavy (non-hydrogen) atoms. The normalized spacial score (nSPS) is 23.0. The molecule has 2 amide bonds. The zero-order valence-electron chi connectivity index (χ0n) is 15.4. The van der Waals surface area contributed by atoms with E-state index in [1.54, 1.807) is 0 Å². The van der Waals surface area contributed by atoms with E-state index in [0.29, 0.717) is 57.6 Å². The van der Waals surface area contributed by atoms with Gasteiger partial charge in [-0.3, -0.25) is 19.3 Å². The van der Waals surface area contributed by atoms with E-state index in [2.05, 4.69) is 0 Å². The van der Waals surface area contributed by atoms with Gasteiger partial charge in [-0.25, -0.2) is 0 Å². The molecule has 0 aromatic carbocycles. The topological polar surface area (TPSA) is 98.9 Å². The van der Waals surface area contributed by atoms with E-state index in [1.165, 1.54) is 17.1 Å². The van der Waals surface area contributed by atoms with Gasteiger partial charge in [0.25, 0.3) is 11.8 Å². The average Bonchev–Trinajstić information content (AvgIpc) is 2.96.